The van der Waals surface area contributed by atoms with E-state index in [0.717, 1.165) is 38.8 Å². The second-order valence-electron chi connectivity index (χ2n) is 5.54. The second-order valence-corrected chi connectivity index (χ2v) is 5.54. The minimum atomic E-state index is -0.569. The third kappa shape index (κ3) is 3.40. The molecule has 1 aliphatic rings. The van der Waals surface area contributed by atoms with Gasteiger partial charge in [-0.2, -0.15) is 5.26 Å². The van der Waals surface area contributed by atoms with Crippen molar-refractivity contribution in [3.63, 3.8) is 0 Å². The summed E-state index contributed by atoms with van der Waals surface area (Å²) in [6, 6.07) is 5.88. The molecule has 21 heavy (non-hydrogen) atoms. The Kier molecular flexibility index (Phi) is 4.92. The maximum absolute atomic E-state index is 13.3. The number of nitrogens with zero attached hydrogens (tertiary/aromatic N) is 1. The molecule has 1 fully saturated rings. The van der Waals surface area contributed by atoms with Gasteiger partial charge in [0.15, 0.2) is 0 Å². The lowest BCUT2D eigenvalue weighted by Crippen LogP contribution is -2.44. The number of hydrogen-bond acceptors (Lipinski definition) is 3. The number of piperidine rings is 1. The molecule has 2 N–H and O–H groups in total. The van der Waals surface area contributed by atoms with Crippen molar-refractivity contribution in [2.45, 2.75) is 32.6 Å². The van der Waals surface area contributed by atoms with Crippen LogP contribution in [0.2, 0.25) is 0 Å². The third-order valence-electron chi connectivity index (χ3n) is 4.12. The van der Waals surface area contributed by atoms with Crippen molar-refractivity contribution in [2.75, 3.05) is 18.4 Å². The van der Waals surface area contributed by atoms with Crippen molar-refractivity contribution in [3.8, 4) is 6.07 Å². The van der Waals surface area contributed by atoms with Crippen LogP contribution in [0.3, 0.4) is 0 Å². The van der Waals surface area contributed by atoms with Crippen LogP contribution >= 0.6 is 0 Å². The Hall–Kier alpha value is -1.93. The zero-order chi connectivity index (χ0) is 15.3. The van der Waals surface area contributed by atoms with Crippen LogP contribution in [-0.2, 0) is 4.79 Å². The molecular formula is C16H20FN3O. The van der Waals surface area contributed by atoms with Gasteiger partial charge in [0, 0.05) is 5.69 Å². The maximum atomic E-state index is 13.3. The van der Waals surface area contributed by atoms with E-state index < -0.39 is 5.82 Å². The number of anilines is 1. The normalized spacial score (nSPS) is 17.0. The van der Waals surface area contributed by atoms with Crippen LogP contribution in [0.1, 0.15) is 38.2 Å². The van der Waals surface area contributed by atoms with Crippen molar-refractivity contribution in [1.82, 2.24) is 5.32 Å². The lowest BCUT2D eigenvalue weighted by atomic mass is 9.74. The first-order chi connectivity index (χ1) is 10.1. The van der Waals surface area contributed by atoms with E-state index in [1.54, 1.807) is 6.07 Å². The fourth-order valence-electron chi connectivity index (χ4n) is 2.93. The summed E-state index contributed by atoms with van der Waals surface area (Å²) in [6.45, 7) is 3.74. The molecule has 2 rings (SSSR count). The van der Waals surface area contributed by atoms with Gasteiger partial charge >= 0.3 is 0 Å². The highest BCUT2D eigenvalue weighted by Crippen LogP contribution is 2.35. The molecule has 1 aromatic carbocycles. The predicted octanol–water partition coefficient (Wildman–Crippen LogP) is 2.81. The zero-order valence-corrected chi connectivity index (χ0v) is 12.2. The van der Waals surface area contributed by atoms with Crippen LogP contribution in [0.15, 0.2) is 18.2 Å². The summed E-state index contributed by atoms with van der Waals surface area (Å²) in [6.07, 6.45) is 3.39. The molecule has 0 aromatic heterocycles. The summed E-state index contributed by atoms with van der Waals surface area (Å²) in [5.74, 6) is -0.595. The average Bonchev–Trinajstić information content (AvgIpc) is 2.50. The largest absolute Gasteiger partial charge is 0.326 e. The van der Waals surface area contributed by atoms with Gasteiger partial charge in [-0.1, -0.05) is 13.3 Å². The van der Waals surface area contributed by atoms with Crippen LogP contribution < -0.4 is 10.6 Å². The summed E-state index contributed by atoms with van der Waals surface area (Å²) >= 11 is 0. The van der Waals surface area contributed by atoms with Gasteiger partial charge in [0.05, 0.1) is 11.0 Å². The van der Waals surface area contributed by atoms with Crippen LogP contribution in [-0.4, -0.2) is 19.0 Å². The third-order valence-corrected chi connectivity index (χ3v) is 4.12. The first kappa shape index (κ1) is 15.5. The molecule has 4 nitrogen and oxygen atoms in total. The van der Waals surface area contributed by atoms with Crippen molar-refractivity contribution >= 4 is 11.6 Å². The predicted molar refractivity (Wildman–Crippen MR) is 79.2 cm³/mol. The topological polar surface area (TPSA) is 64.9 Å². The molecule has 1 heterocycles. The molecule has 5 heteroatoms. The smallest absolute Gasteiger partial charge is 0.230 e. The maximum Gasteiger partial charge on any atom is 0.230 e. The number of halogens is 1. The average molecular weight is 289 g/mol. The molecule has 1 saturated heterocycles. The van der Waals surface area contributed by atoms with E-state index in [0.29, 0.717) is 5.69 Å². The van der Waals surface area contributed by atoms with Crippen LogP contribution in [0.5, 0.6) is 0 Å². The van der Waals surface area contributed by atoms with E-state index in [2.05, 4.69) is 17.6 Å². The fraction of sp³-hybridized carbons (Fsp3) is 0.500. The minimum absolute atomic E-state index is 0.0265. The molecular weight excluding hydrogens is 269 g/mol. The number of rotatable bonds is 4. The SMILES string of the molecule is CCCC1(C(=O)Nc2ccc(F)c(C#N)c2)CCNCC1. The Morgan fingerprint density at radius 2 is 2.19 bits per heavy atom. The Morgan fingerprint density at radius 1 is 1.48 bits per heavy atom. The number of hydrogen-bond donors (Lipinski definition) is 2. The molecule has 0 saturated carbocycles. The van der Waals surface area contributed by atoms with Crippen LogP contribution in [0.25, 0.3) is 0 Å². The quantitative estimate of drug-likeness (QED) is 0.895. The highest BCUT2D eigenvalue weighted by Gasteiger charge is 2.38. The Morgan fingerprint density at radius 3 is 2.81 bits per heavy atom. The molecule has 0 atom stereocenters. The number of amides is 1. The Bertz CT molecular complexity index is 554. The first-order valence-electron chi connectivity index (χ1n) is 7.33. The zero-order valence-electron chi connectivity index (χ0n) is 12.2. The van der Waals surface area contributed by atoms with Crippen molar-refractivity contribution in [3.05, 3.63) is 29.6 Å². The number of carbonyl (C=O) groups excluding carboxylic acids is 1. The van der Waals surface area contributed by atoms with Gasteiger partial charge in [0.25, 0.3) is 0 Å². The Labute approximate surface area is 124 Å². The van der Waals surface area contributed by atoms with Gasteiger partial charge in [-0.05, 0) is 50.6 Å². The fourth-order valence-corrected chi connectivity index (χ4v) is 2.93. The summed E-state index contributed by atoms with van der Waals surface area (Å²) in [5, 5.41) is 15.0. The number of nitrogens with one attached hydrogen (secondary N) is 2. The standard InChI is InChI=1S/C16H20FN3O/c1-2-5-16(6-8-19-9-7-16)15(21)20-13-3-4-14(17)12(10-13)11-18/h3-4,10,19H,2,5-9H2,1H3,(H,20,21). The van der Waals surface area contributed by atoms with Crippen molar-refractivity contribution in [1.29, 1.82) is 5.26 Å². The lowest BCUT2D eigenvalue weighted by Gasteiger charge is -2.36. The van der Waals surface area contributed by atoms with Gasteiger partial charge in [-0.3, -0.25) is 4.79 Å². The molecule has 0 spiro atoms. The molecule has 0 radical (unpaired) electrons. The monoisotopic (exact) mass is 289 g/mol. The van der Waals surface area contributed by atoms with E-state index >= 15 is 0 Å². The van der Waals surface area contributed by atoms with Gasteiger partial charge in [0.1, 0.15) is 11.9 Å². The summed E-state index contributed by atoms with van der Waals surface area (Å²) in [7, 11) is 0. The van der Waals surface area contributed by atoms with E-state index in [1.165, 1.54) is 18.2 Å². The highest BCUT2D eigenvalue weighted by molar-refractivity contribution is 5.95. The molecule has 0 aliphatic carbocycles. The van der Waals surface area contributed by atoms with E-state index in [1.807, 2.05) is 0 Å². The number of benzene rings is 1. The van der Waals surface area contributed by atoms with Crippen LogP contribution in [0, 0.1) is 22.6 Å². The van der Waals surface area contributed by atoms with E-state index in [-0.39, 0.29) is 16.9 Å². The molecule has 0 bridgehead atoms. The molecule has 1 amide bonds. The molecule has 1 aliphatic heterocycles. The van der Waals surface area contributed by atoms with Gasteiger partial charge in [-0.15, -0.1) is 0 Å². The summed E-state index contributed by atoms with van der Waals surface area (Å²) < 4.78 is 13.3. The highest BCUT2D eigenvalue weighted by atomic mass is 19.1. The second kappa shape index (κ2) is 6.68. The van der Waals surface area contributed by atoms with Crippen molar-refractivity contribution in [2.24, 2.45) is 5.41 Å². The lowest BCUT2D eigenvalue weighted by molar-refractivity contribution is -0.127. The van der Waals surface area contributed by atoms with Crippen molar-refractivity contribution < 1.29 is 9.18 Å². The summed E-state index contributed by atoms with van der Waals surface area (Å²) in [5.41, 5.74) is 0.0656. The van der Waals surface area contributed by atoms with Gasteiger partial charge < -0.3 is 10.6 Å². The molecule has 0 unspecified atom stereocenters. The summed E-state index contributed by atoms with van der Waals surface area (Å²) in [4.78, 5) is 12.6. The Balaban J connectivity index is 2.17. The van der Waals surface area contributed by atoms with E-state index in [9.17, 15) is 9.18 Å². The molecule has 112 valence electrons. The van der Waals surface area contributed by atoms with Gasteiger partial charge in [0.2, 0.25) is 5.91 Å². The molecule has 1 aromatic rings. The van der Waals surface area contributed by atoms with Gasteiger partial charge in [-0.25, -0.2) is 4.39 Å². The van der Waals surface area contributed by atoms with Crippen LogP contribution in [0.4, 0.5) is 10.1 Å². The number of carbonyl (C=O) groups is 1. The number of nitriles is 1. The first-order valence-corrected chi connectivity index (χ1v) is 7.33. The van der Waals surface area contributed by atoms with E-state index in [4.69, 9.17) is 5.26 Å². The minimum Gasteiger partial charge on any atom is -0.326 e.